The largest absolute Gasteiger partial charge is 0.444 e. The first-order valence-electron chi connectivity index (χ1n) is 7.39. The molecule has 0 bridgehead atoms. The smallest absolute Gasteiger partial charge is 0.407 e. The summed E-state index contributed by atoms with van der Waals surface area (Å²) in [6.07, 6.45) is 2.13. The second kappa shape index (κ2) is 7.80. The fourth-order valence-electron chi connectivity index (χ4n) is 2.06. The first-order valence-corrected chi connectivity index (χ1v) is 8.33. The van der Waals surface area contributed by atoms with E-state index in [1.54, 1.807) is 11.3 Å². The maximum Gasteiger partial charge on any atom is 0.407 e. The molecule has 4 nitrogen and oxygen atoms in total. The predicted molar refractivity (Wildman–Crippen MR) is 86.7 cm³/mol. The second-order valence-electron chi connectivity index (χ2n) is 6.50. The molecule has 0 saturated carbocycles. The minimum Gasteiger partial charge on any atom is -0.444 e. The number of amides is 1. The van der Waals surface area contributed by atoms with Gasteiger partial charge in [-0.3, -0.25) is 0 Å². The van der Waals surface area contributed by atoms with Crippen molar-refractivity contribution < 1.29 is 14.6 Å². The van der Waals surface area contributed by atoms with Gasteiger partial charge in [-0.1, -0.05) is 6.92 Å². The van der Waals surface area contributed by atoms with Crippen molar-refractivity contribution in [3.05, 3.63) is 22.4 Å². The molecule has 0 aliphatic carbocycles. The van der Waals surface area contributed by atoms with Crippen LogP contribution >= 0.6 is 11.3 Å². The lowest BCUT2D eigenvalue weighted by atomic mass is 9.80. The van der Waals surface area contributed by atoms with E-state index in [1.807, 2.05) is 27.7 Å². The van der Waals surface area contributed by atoms with Crippen LogP contribution in [0.1, 0.15) is 46.1 Å². The topological polar surface area (TPSA) is 58.6 Å². The molecule has 0 aliphatic heterocycles. The van der Waals surface area contributed by atoms with Crippen LogP contribution < -0.4 is 5.32 Å². The number of ether oxygens (including phenoxy) is 1. The van der Waals surface area contributed by atoms with E-state index in [2.05, 4.69) is 22.1 Å². The van der Waals surface area contributed by atoms with E-state index in [4.69, 9.17) is 4.74 Å². The summed E-state index contributed by atoms with van der Waals surface area (Å²) in [6, 6.07) is 2.10. The molecule has 1 amide bonds. The zero-order chi connectivity index (χ0) is 15.9. The number of alkyl carbamates (subject to hydrolysis) is 1. The van der Waals surface area contributed by atoms with Crippen LogP contribution in [0.15, 0.2) is 16.8 Å². The van der Waals surface area contributed by atoms with Crippen molar-refractivity contribution in [2.75, 3.05) is 13.2 Å². The van der Waals surface area contributed by atoms with Gasteiger partial charge in [-0.2, -0.15) is 11.3 Å². The molecule has 1 unspecified atom stereocenters. The first-order chi connectivity index (χ1) is 9.80. The second-order valence-corrected chi connectivity index (χ2v) is 7.28. The van der Waals surface area contributed by atoms with E-state index < -0.39 is 11.7 Å². The highest BCUT2D eigenvalue weighted by atomic mass is 32.1. The number of aliphatic hydroxyl groups excluding tert-OH is 1. The van der Waals surface area contributed by atoms with Crippen LogP contribution in [0.2, 0.25) is 0 Å². The van der Waals surface area contributed by atoms with Crippen molar-refractivity contribution in [3.8, 4) is 0 Å². The molecule has 0 aliphatic rings. The molecule has 120 valence electrons. The fourth-order valence-corrected chi connectivity index (χ4v) is 2.76. The molecule has 0 saturated heterocycles. The highest BCUT2D eigenvalue weighted by Gasteiger charge is 2.28. The molecule has 0 spiro atoms. The van der Waals surface area contributed by atoms with Crippen LogP contribution in [0.4, 0.5) is 4.79 Å². The Morgan fingerprint density at radius 1 is 1.43 bits per heavy atom. The van der Waals surface area contributed by atoms with Gasteiger partial charge in [0.2, 0.25) is 0 Å². The van der Waals surface area contributed by atoms with Gasteiger partial charge >= 0.3 is 6.09 Å². The average Bonchev–Trinajstić information content (AvgIpc) is 2.91. The van der Waals surface area contributed by atoms with Crippen molar-refractivity contribution in [1.29, 1.82) is 0 Å². The molecule has 21 heavy (non-hydrogen) atoms. The number of aliphatic hydroxyl groups is 1. The van der Waals surface area contributed by atoms with E-state index in [-0.39, 0.29) is 12.0 Å². The number of carbonyl (C=O) groups is 1. The Labute approximate surface area is 131 Å². The quantitative estimate of drug-likeness (QED) is 0.808. The molecule has 1 aromatic heterocycles. The summed E-state index contributed by atoms with van der Waals surface area (Å²) in [4.78, 5) is 11.8. The standard InChI is InChI=1S/C16H27NO3S/c1-5-16(12-18,8-6-13-7-9-21-10-13)11-17-14(19)20-15(2,3)4/h7,9-10,18H,5-6,8,11-12H2,1-4H3,(H,17,19). The number of hydrogen-bond donors (Lipinski definition) is 2. The maximum absolute atomic E-state index is 11.8. The van der Waals surface area contributed by atoms with Gasteiger partial charge in [-0.25, -0.2) is 4.79 Å². The van der Waals surface area contributed by atoms with Gasteiger partial charge in [0.25, 0.3) is 0 Å². The molecule has 0 aromatic carbocycles. The van der Waals surface area contributed by atoms with Crippen LogP contribution in [-0.2, 0) is 11.2 Å². The molecular formula is C16H27NO3S. The van der Waals surface area contributed by atoms with E-state index in [1.165, 1.54) is 5.56 Å². The molecular weight excluding hydrogens is 286 g/mol. The van der Waals surface area contributed by atoms with E-state index in [0.717, 1.165) is 19.3 Å². The number of nitrogens with one attached hydrogen (secondary N) is 1. The zero-order valence-corrected chi connectivity index (χ0v) is 14.3. The van der Waals surface area contributed by atoms with Gasteiger partial charge in [-0.15, -0.1) is 0 Å². The highest BCUT2D eigenvalue weighted by molar-refractivity contribution is 7.07. The molecule has 5 heteroatoms. The number of aryl methyl sites for hydroxylation is 1. The van der Waals surface area contributed by atoms with E-state index >= 15 is 0 Å². The van der Waals surface area contributed by atoms with Gasteiger partial charge in [0.15, 0.2) is 0 Å². The van der Waals surface area contributed by atoms with E-state index in [9.17, 15) is 9.90 Å². The van der Waals surface area contributed by atoms with Gasteiger partial charge in [0, 0.05) is 12.0 Å². The third-order valence-corrected chi connectivity index (χ3v) is 4.35. The lowest BCUT2D eigenvalue weighted by Gasteiger charge is -2.31. The first kappa shape index (κ1) is 18.0. The Bertz CT molecular complexity index is 419. The molecule has 1 aromatic rings. The Kier molecular flexibility index (Phi) is 6.68. The molecule has 1 rings (SSSR count). The van der Waals surface area contributed by atoms with Crippen LogP contribution in [0.3, 0.4) is 0 Å². The lowest BCUT2D eigenvalue weighted by Crippen LogP contribution is -2.42. The molecule has 0 fully saturated rings. The SMILES string of the molecule is CCC(CO)(CCc1ccsc1)CNC(=O)OC(C)(C)C. The fraction of sp³-hybridized carbons (Fsp3) is 0.688. The van der Waals surface area contributed by atoms with Crippen LogP contribution in [0.25, 0.3) is 0 Å². The summed E-state index contributed by atoms with van der Waals surface area (Å²) in [5, 5.41) is 16.7. The van der Waals surface area contributed by atoms with Gasteiger partial charge in [0.1, 0.15) is 5.60 Å². The number of carbonyl (C=O) groups excluding carboxylic acids is 1. The average molecular weight is 313 g/mol. The van der Waals surface area contributed by atoms with Gasteiger partial charge in [0.05, 0.1) is 6.61 Å². The lowest BCUT2D eigenvalue weighted by molar-refractivity contribution is 0.0452. The van der Waals surface area contributed by atoms with Gasteiger partial charge in [-0.05, 0) is 62.4 Å². The molecule has 2 N–H and O–H groups in total. The summed E-state index contributed by atoms with van der Waals surface area (Å²) in [5.74, 6) is 0. The number of hydrogen-bond acceptors (Lipinski definition) is 4. The van der Waals surface area contributed by atoms with Crippen LogP contribution in [0.5, 0.6) is 0 Å². The van der Waals surface area contributed by atoms with Gasteiger partial charge < -0.3 is 15.2 Å². The Morgan fingerprint density at radius 2 is 2.14 bits per heavy atom. The van der Waals surface area contributed by atoms with Crippen molar-refractivity contribution in [1.82, 2.24) is 5.32 Å². The van der Waals surface area contributed by atoms with Crippen molar-refractivity contribution in [2.45, 2.75) is 52.6 Å². The summed E-state index contributed by atoms with van der Waals surface area (Å²) < 4.78 is 5.24. The summed E-state index contributed by atoms with van der Waals surface area (Å²) in [5.41, 5.74) is 0.483. The predicted octanol–water partition coefficient (Wildman–Crippen LogP) is 3.59. The van der Waals surface area contributed by atoms with Crippen molar-refractivity contribution >= 4 is 17.4 Å². The number of thiophene rings is 1. The third kappa shape index (κ3) is 6.48. The van der Waals surface area contributed by atoms with Crippen LogP contribution in [0, 0.1) is 5.41 Å². The Balaban J connectivity index is 2.53. The summed E-state index contributed by atoms with van der Waals surface area (Å²) in [7, 11) is 0. The zero-order valence-electron chi connectivity index (χ0n) is 13.4. The Morgan fingerprint density at radius 3 is 2.62 bits per heavy atom. The van der Waals surface area contributed by atoms with Crippen molar-refractivity contribution in [2.24, 2.45) is 5.41 Å². The normalized spacial score (nSPS) is 14.5. The monoisotopic (exact) mass is 313 g/mol. The molecule has 1 heterocycles. The maximum atomic E-state index is 11.8. The highest BCUT2D eigenvalue weighted by Crippen LogP contribution is 2.27. The molecule has 0 radical (unpaired) electrons. The minimum atomic E-state index is -0.505. The summed E-state index contributed by atoms with van der Waals surface area (Å²) >= 11 is 1.68. The van der Waals surface area contributed by atoms with E-state index in [0.29, 0.717) is 6.54 Å². The summed E-state index contributed by atoms with van der Waals surface area (Å²) in [6.45, 7) is 8.04. The van der Waals surface area contributed by atoms with Crippen LogP contribution in [-0.4, -0.2) is 30.0 Å². The Hall–Kier alpha value is -1.07. The number of rotatable bonds is 7. The molecule has 1 atom stereocenters. The third-order valence-electron chi connectivity index (χ3n) is 3.62. The minimum absolute atomic E-state index is 0.0590. The van der Waals surface area contributed by atoms with Crippen molar-refractivity contribution in [3.63, 3.8) is 0 Å².